The fourth-order valence-corrected chi connectivity index (χ4v) is 6.27. The summed E-state index contributed by atoms with van der Waals surface area (Å²) in [6, 6.07) is 0.842. The van der Waals surface area contributed by atoms with Crippen LogP contribution in [0.15, 0.2) is 0 Å². The molecular weight excluding hydrogens is 290 g/mol. The Hall–Kier alpha value is -0.0400. The minimum Gasteiger partial charge on any atom is -0.314 e. The first-order valence-corrected chi connectivity index (χ1v) is 11.6. The van der Waals surface area contributed by atoms with E-state index in [0.29, 0.717) is 0 Å². The molecule has 1 heterocycles. The summed E-state index contributed by atoms with van der Waals surface area (Å²) in [5.74, 6) is 4.03. The third-order valence-electron chi connectivity index (χ3n) is 7.57. The van der Waals surface area contributed by atoms with Gasteiger partial charge in [-0.2, -0.15) is 0 Å². The highest BCUT2D eigenvalue weighted by molar-refractivity contribution is 4.89. The van der Waals surface area contributed by atoms with Gasteiger partial charge in [0.05, 0.1) is 0 Å². The minimum atomic E-state index is 0.842. The summed E-state index contributed by atoms with van der Waals surface area (Å²) in [5, 5.41) is 4.03. The molecule has 140 valence electrons. The molecule has 5 unspecified atom stereocenters. The maximum Gasteiger partial charge on any atom is 0.00980 e. The quantitative estimate of drug-likeness (QED) is 0.554. The van der Waals surface area contributed by atoms with E-state index in [1.54, 1.807) is 6.42 Å². The van der Waals surface area contributed by atoms with Gasteiger partial charge in [-0.3, -0.25) is 0 Å². The van der Waals surface area contributed by atoms with E-state index in [-0.39, 0.29) is 0 Å². The van der Waals surface area contributed by atoms with Gasteiger partial charge >= 0.3 is 0 Å². The maximum absolute atomic E-state index is 4.03. The normalized spacial score (nSPS) is 40.6. The summed E-state index contributed by atoms with van der Waals surface area (Å²) in [7, 11) is 0. The van der Waals surface area contributed by atoms with E-state index in [0.717, 1.165) is 29.7 Å². The molecule has 1 nitrogen and oxygen atoms in total. The van der Waals surface area contributed by atoms with Crippen molar-refractivity contribution in [3.8, 4) is 0 Å². The molecule has 2 saturated carbocycles. The Morgan fingerprint density at radius 3 is 2.08 bits per heavy atom. The Morgan fingerprint density at radius 2 is 1.21 bits per heavy atom. The molecule has 24 heavy (non-hydrogen) atoms. The molecule has 5 atom stereocenters. The van der Waals surface area contributed by atoms with Crippen LogP contribution in [0, 0.1) is 23.7 Å². The van der Waals surface area contributed by atoms with Crippen molar-refractivity contribution in [2.24, 2.45) is 23.7 Å². The average Bonchev–Trinajstić information content (AvgIpc) is 2.76. The van der Waals surface area contributed by atoms with Crippen LogP contribution in [0.5, 0.6) is 0 Å². The Morgan fingerprint density at radius 1 is 0.583 bits per heavy atom. The van der Waals surface area contributed by atoms with Gasteiger partial charge in [0, 0.05) is 6.04 Å². The third kappa shape index (κ3) is 5.48. The van der Waals surface area contributed by atoms with Crippen LogP contribution in [0.25, 0.3) is 0 Å². The van der Waals surface area contributed by atoms with E-state index in [1.165, 1.54) is 103 Å². The fraction of sp³-hybridized carbons (Fsp3) is 1.00. The highest BCUT2D eigenvalue weighted by Gasteiger charge is 2.35. The first-order valence-electron chi connectivity index (χ1n) is 11.6. The first kappa shape index (κ1) is 18.7. The standard InChI is InChI=1S/C23H43N/c1-19-12-6-4-7-13-20(18-19)21-14-8-5-9-15-22(21)23-16-10-2-3-11-17-24-23/h19-24H,2-18H2,1H3. The summed E-state index contributed by atoms with van der Waals surface area (Å²) in [6.45, 7) is 3.83. The monoisotopic (exact) mass is 333 g/mol. The van der Waals surface area contributed by atoms with Gasteiger partial charge in [-0.15, -0.1) is 0 Å². The molecule has 1 aliphatic heterocycles. The van der Waals surface area contributed by atoms with E-state index >= 15 is 0 Å². The van der Waals surface area contributed by atoms with Gasteiger partial charge in [0.25, 0.3) is 0 Å². The van der Waals surface area contributed by atoms with Crippen molar-refractivity contribution >= 4 is 0 Å². The van der Waals surface area contributed by atoms with Crippen molar-refractivity contribution < 1.29 is 0 Å². The van der Waals surface area contributed by atoms with Gasteiger partial charge in [-0.05, 0) is 62.3 Å². The zero-order chi connectivity index (χ0) is 16.6. The van der Waals surface area contributed by atoms with Gasteiger partial charge < -0.3 is 5.32 Å². The van der Waals surface area contributed by atoms with Crippen molar-refractivity contribution in [3.63, 3.8) is 0 Å². The SMILES string of the molecule is CC1CCCCCC(C2CCCCCC2C2CCCCCCN2)C1. The van der Waals surface area contributed by atoms with Gasteiger partial charge in [-0.1, -0.05) is 77.6 Å². The number of hydrogen-bond acceptors (Lipinski definition) is 1. The zero-order valence-corrected chi connectivity index (χ0v) is 16.4. The second-order valence-corrected chi connectivity index (χ2v) is 9.47. The van der Waals surface area contributed by atoms with Crippen molar-refractivity contribution in [2.45, 2.75) is 116 Å². The smallest absolute Gasteiger partial charge is 0.00980 e. The van der Waals surface area contributed by atoms with Crippen molar-refractivity contribution in [1.29, 1.82) is 0 Å². The molecule has 3 rings (SSSR count). The molecule has 1 N–H and O–H groups in total. The predicted molar refractivity (Wildman–Crippen MR) is 105 cm³/mol. The Labute approximate surface area is 151 Å². The highest BCUT2D eigenvalue weighted by Crippen LogP contribution is 2.43. The molecule has 3 aliphatic rings. The molecule has 1 saturated heterocycles. The number of nitrogens with one attached hydrogen (secondary N) is 1. The van der Waals surface area contributed by atoms with Crippen LogP contribution in [-0.4, -0.2) is 12.6 Å². The number of hydrogen-bond donors (Lipinski definition) is 1. The molecule has 0 spiro atoms. The van der Waals surface area contributed by atoms with Crippen LogP contribution < -0.4 is 5.32 Å². The Balaban J connectivity index is 1.70. The summed E-state index contributed by atoms with van der Waals surface area (Å²) >= 11 is 0. The van der Waals surface area contributed by atoms with Gasteiger partial charge in [0.1, 0.15) is 0 Å². The molecule has 3 fully saturated rings. The van der Waals surface area contributed by atoms with Crippen LogP contribution in [0.3, 0.4) is 0 Å². The highest BCUT2D eigenvalue weighted by atomic mass is 14.9. The summed E-state index contributed by atoms with van der Waals surface area (Å²) in [6.07, 6.45) is 23.9. The molecule has 0 aromatic rings. The lowest BCUT2D eigenvalue weighted by Crippen LogP contribution is -2.43. The number of rotatable bonds is 2. The lowest BCUT2D eigenvalue weighted by atomic mass is 9.68. The van der Waals surface area contributed by atoms with Crippen LogP contribution >= 0.6 is 0 Å². The zero-order valence-electron chi connectivity index (χ0n) is 16.4. The summed E-state index contributed by atoms with van der Waals surface area (Å²) < 4.78 is 0. The van der Waals surface area contributed by atoms with Crippen molar-refractivity contribution in [2.75, 3.05) is 6.54 Å². The van der Waals surface area contributed by atoms with Crippen LogP contribution in [-0.2, 0) is 0 Å². The molecule has 0 amide bonds. The maximum atomic E-state index is 4.03. The molecule has 0 radical (unpaired) electrons. The first-order chi connectivity index (χ1) is 11.8. The van der Waals surface area contributed by atoms with Crippen LogP contribution in [0.2, 0.25) is 0 Å². The third-order valence-corrected chi connectivity index (χ3v) is 7.57. The second-order valence-electron chi connectivity index (χ2n) is 9.47. The predicted octanol–water partition coefficient (Wildman–Crippen LogP) is 6.71. The summed E-state index contributed by atoms with van der Waals surface area (Å²) in [5.41, 5.74) is 0. The fourth-order valence-electron chi connectivity index (χ4n) is 6.27. The van der Waals surface area contributed by atoms with Crippen molar-refractivity contribution in [1.82, 2.24) is 5.32 Å². The van der Waals surface area contributed by atoms with Crippen LogP contribution in [0.4, 0.5) is 0 Å². The molecule has 0 aromatic heterocycles. The van der Waals surface area contributed by atoms with Gasteiger partial charge in [0.2, 0.25) is 0 Å². The van der Waals surface area contributed by atoms with E-state index in [9.17, 15) is 0 Å². The largest absolute Gasteiger partial charge is 0.314 e. The molecule has 1 heteroatoms. The average molecular weight is 334 g/mol. The second kappa shape index (κ2) is 10.2. The van der Waals surface area contributed by atoms with E-state index in [2.05, 4.69) is 12.2 Å². The van der Waals surface area contributed by atoms with E-state index < -0.39 is 0 Å². The molecule has 2 aliphatic carbocycles. The molecule has 0 aromatic carbocycles. The van der Waals surface area contributed by atoms with Gasteiger partial charge in [0.15, 0.2) is 0 Å². The van der Waals surface area contributed by atoms with Crippen LogP contribution in [0.1, 0.15) is 110 Å². The molecule has 0 bridgehead atoms. The lowest BCUT2D eigenvalue weighted by Gasteiger charge is -2.40. The Kier molecular flexibility index (Phi) is 7.96. The summed E-state index contributed by atoms with van der Waals surface area (Å²) in [4.78, 5) is 0. The van der Waals surface area contributed by atoms with Crippen molar-refractivity contribution in [3.05, 3.63) is 0 Å². The van der Waals surface area contributed by atoms with E-state index in [4.69, 9.17) is 0 Å². The molecular formula is C23H43N. The topological polar surface area (TPSA) is 12.0 Å². The Bertz CT molecular complexity index is 331. The minimum absolute atomic E-state index is 0.842. The lowest BCUT2D eigenvalue weighted by molar-refractivity contribution is 0.122. The van der Waals surface area contributed by atoms with E-state index in [1.807, 2.05) is 0 Å². The van der Waals surface area contributed by atoms with Gasteiger partial charge in [-0.25, -0.2) is 0 Å².